The third kappa shape index (κ3) is 3.00. The minimum absolute atomic E-state index is 0.0345. The molecular weight excluding hydrogens is 383 g/mol. The van der Waals surface area contributed by atoms with E-state index in [4.69, 9.17) is 26.8 Å². The first-order valence-corrected chi connectivity index (χ1v) is 9.39. The van der Waals surface area contributed by atoms with Crippen molar-refractivity contribution in [2.75, 3.05) is 30.9 Å². The van der Waals surface area contributed by atoms with Crippen LogP contribution in [0, 0.1) is 17.2 Å². The number of nitrogens with zero attached hydrogens (tertiary/aromatic N) is 2. The number of anilines is 3. The smallest absolute Gasteiger partial charge is 0.144 e. The molecule has 0 radical (unpaired) electrons. The SMILES string of the molecule is Nc1cc2c(Nc3ccc(F)c(Cl)c3)ncnc2cc1OCC12COCC1C2. The number of aromatic nitrogens is 2. The standard InChI is InChI=1S/C20H18ClFN4O2/c21-14-3-12(1-2-15(14)22)26-19-13-4-16(23)18(5-17(13)24-10-25-19)28-9-20-6-11(20)7-27-8-20/h1-5,10-11H,6-9,23H2,(H,24,25,26). The van der Waals surface area contributed by atoms with Crippen LogP contribution >= 0.6 is 11.6 Å². The van der Waals surface area contributed by atoms with Crippen LogP contribution in [0.3, 0.4) is 0 Å². The number of benzene rings is 2. The van der Waals surface area contributed by atoms with E-state index in [-0.39, 0.29) is 10.4 Å². The second-order valence-electron chi connectivity index (χ2n) is 7.45. The molecule has 144 valence electrons. The lowest BCUT2D eigenvalue weighted by Gasteiger charge is -2.16. The number of halogens is 2. The molecule has 1 aliphatic heterocycles. The number of ether oxygens (including phenoxy) is 2. The van der Waals surface area contributed by atoms with E-state index in [1.54, 1.807) is 12.1 Å². The van der Waals surface area contributed by atoms with Crippen LogP contribution in [0.15, 0.2) is 36.7 Å². The highest BCUT2D eigenvalue weighted by Gasteiger charge is 2.59. The lowest BCUT2D eigenvalue weighted by atomic mass is 10.1. The lowest BCUT2D eigenvalue weighted by Crippen LogP contribution is -2.17. The van der Waals surface area contributed by atoms with E-state index in [0.717, 1.165) is 25.0 Å². The predicted molar refractivity (Wildman–Crippen MR) is 105 cm³/mol. The zero-order valence-corrected chi connectivity index (χ0v) is 15.7. The molecule has 8 heteroatoms. The quantitative estimate of drug-likeness (QED) is 0.626. The van der Waals surface area contributed by atoms with Gasteiger partial charge in [0.05, 0.1) is 36.0 Å². The Morgan fingerprint density at radius 3 is 2.96 bits per heavy atom. The Morgan fingerprint density at radius 1 is 1.32 bits per heavy atom. The Bertz CT molecular complexity index is 1080. The van der Waals surface area contributed by atoms with Crippen LogP contribution in [0.25, 0.3) is 10.9 Å². The molecule has 6 nitrogen and oxygen atoms in total. The molecule has 2 heterocycles. The van der Waals surface area contributed by atoms with Crippen molar-refractivity contribution >= 4 is 39.7 Å². The van der Waals surface area contributed by atoms with Crippen molar-refractivity contribution in [2.24, 2.45) is 11.3 Å². The molecule has 2 fully saturated rings. The Morgan fingerprint density at radius 2 is 2.21 bits per heavy atom. The van der Waals surface area contributed by atoms with Gasteiger partial charge in [0.2, 0.25) is 0 Å². The Balaban J connectivity index is 1.42. The Hall–Kier alpha value is -2.64. The van der Waals surface area contributed by atoms with Crippen molar-refractivity contribution in [3.63, 3.8) is 0 Å². The molecule has 5 rings (SSSR count). The molecule has 1 saturated heterocycles. The first kappa shape index (κ1) is 17.5. The molecule has 0 bridgehead atoms. The minimum Gasteiger partial charge on any atom is -0.491 e. The topological polar surface area (TPSA) is 82.3 Å². The van der Waals surface area contributed by atoms with Crippen molar-refractivity contribution < 1.29 is 13.9 Å². The van der Waals surface area contributed by atoms with Crippen LogP contribution in [0.4, 0.5) is 21.6 Å². The highest BCUT2D eigenvalue weighted by atomic mass is 35.5. The summed E-state index contributed by atoms with van der Waals surface area (Å²) in [5.74, 6) is 1.29. The van der Waals surface area contributed by atoms with Gasteiger partial charge in [-0.15, -0.1) is 0 Å². The summed E-state index contributed by atoms with van der Waals surface area (Å²) in [7, 11) is 0. The van der Waals surface area contributed by atoms with Crippen LogP contribution in [0.1, 0.15) is 6.42 Å². The molecule has 2 atom stereocenters. The highest BCUT2D eigenvalue weighted by molar-refractivity contribution is 6.31. The van der Waals surface area contributed by atoms with Gasteiger partial charge in [-0.3, -0.25) is 0 Å². The maximum absolute atomic E-state index is 13.4. The van der Waals surface area contributed by atoms with Crippen LogP contribution in [0.5, 0.6) is 5.75 Å². The third-order valence-electron chi connectivity index (χ3n) is 5.53. The van der Waals surface area contributed by atoms with E-state index in [0.29, 0.717) is 41.0 Å². The summed E-state index contributed by atoms with van der Waals surface area (Å²) in [4.78, 5) is 8.61. The second kappa shape index (κ2) is 6.46. The monoisotopic (exact) mass is 400 g/mol. The third-order valence-corrected chi connectivity index (χ3v) is 5.82. The molecule has 1 aromatic heterocycles. The molecule has 1 aliphatic carbocycles. The largest absolute Gasteiger partial charge is 0.491 e. The maximum atomic E-state index is 13.4. The van der Waals surface area contributed by atoms with E-state index in [1.807, 2.05) is 6.07 Å². The maximum Gasteiger partial charge on any atom is 0.144 e. The van der Waals surface area contributed by atoms with Crippen molar-refractivity contribution in [1.29, 1.82) is 0 Å². The Labute approximate surface area is 165 Å². The zero-order chi connectivity index (χ0) is 19.3. The van der Waals surface area contributed by atoms with Gasteiger partial charge in [-0.2, -0.15) is 0 Å². The van der Waals surface area contributed by atoms with Gasteiger partial charge in [0, 0.05) is 22.6 Å². The lowest BCUT2D eigenvalue weighted by molar-refractivity contribution is 0.124. The summed E-state index contributed by atoms with van der Waals surface area (Å²) in [6.07, 6.45) is 2.60. The molecular formula is C20H18ClFN4O2. The zero-order valence-electron chi connectivity index (χ0n) is 14.9. The van der Waals surface area contributed by atoms with Gasteiger partial charge in [-0.25, -0.2) is 14.4 Å². The number of hydrogen-bond donors (Lipinski definition) is 2. The summed E-state index contributed by atoms with van der Waals surface area (Å²) >= 11 is 5.85. The summed E-state index contributed by atoms with van der Waals surface area (Å²) in [5.41, 5.74) is 8.20. The van der Waals surface area contributed by atoms with Gasteiger partial charge in [0.1, 0.15) is 23.7 Å². The number of fused-ring (bicyclic) bond motifs is 2. The van der Waals surface area contributed by atoms with Crippen molar-refractivity contribution in [2.45, 2.75) is 6.42 Å². The van der Waals surface area contributed by atoms with E-state index >= 15 is 0 Å². The number of hydrogen-bond acceptors (Lipinski definition) is 6. The summed E-state index contributed by atoms with van der Waals surface area (Å²) in [5, 5.41) is 3.91. The van der Waals surface area contributed by atoms with Crippen molar-refractivity contribution in [3.8, 4) is 5.75 Å². The fraction of sp³-hybridized carbons (Fsp3) is 0.300. The Kier molecular flexibility index (Phi) is 4.03. The normalized spacial score (nSPS) is 22.9. The molecule has 3 aromatic rings. The molecule has 2 unspecified atom stereocenters. The first-order chi connectivity index (χ1) is 13.5. The van der Waals surface area contributed by atoms with Crippen molar-refractivity contribution in [3.05, 3.63) is 47.5 Å². The van der Waals surface area contributed by atoms with Gasteiger partial charge in [0.25, 0.3) is 0 Å². The molecule has 1 saturated carbocycles. The van der Waals surface area contributed by atoms with Gasteiger partial charge in [0.15, 0.2) is 0 Å². The summed E-state index contributed by atoms with van der Waals surface area (Å²) in [6.45, 7) is 2.17. The fourth-order valence-electron chi connectivity index (χ4n) is 3.72. The van der Waals surface area contributed by atoms with Crippen LogP contribution in [-0.2, 0) is 4.74 Å². The number of nitrogens with one attached hydrogen (secondary N) is 1. The molecule has 0 amide bonds. The van der Waals surface area contributed by atoms with E-state index < -0.39 is 5.82 Å². The van der Waals surface area contributed by atoms with Gasteiger partial charge in [-0.05, 0) is 36.6 Å². The highest BCUT2D eigenvalue weighted by Crippen LogP contribution is 2.57. The minimum atomic E-state index is -0.476. The number of nitrogens with two attached hydrogens (primary N) is 1. The fourth-order valence-corrected chi connectivity index (χ4v) is 3.91. The predicted octanol–water partition coefficient (Wildman–Crippen LogP) is 4.16. The molecule has 0 spiro atoms. The molecule has 28 heavy (non-hydrogen) atoms. The first-order valence-electron chi connectivity index (χ1n) is 9.01. The molecule has 3 N–H and O–H groups in total. The van der Waals surface area contributed by atoms with Crippen molar-refractivity contribution in [1.82, 2.24) is 9.97 Å². The van der Waals surface area contributed by atoms with Crippen LogP contribution in [0.2, 0.25) is 5.02 Å². The number of rotatable bonds is 5. The van der Waals surface area contributed by atoms with E-state index in [9.17, 15) is 4.39 Å². The second-order valence-corrected chi connectivity index (χ2v) is 7.86. The summed E-state index contributed by atoms with van der Waals surface area (Å²) < 4.78 is 24.9. The average molecular weight is 401 g/mol. The molecule has 2 aliphatic rings. The molecule has 2 aromatic carbocycles. The summed E-state index contributed by atoms with van der Waals surface area (Å²) in [6, 6.07) is 7.99. The van der Waals surface area contributed by atoms with Crippen LogP contribution < -0.4 is 15.8 Å². The van der Waals surface area contributed by atoms with Gasteiger partial charge >= 0.3 is 0 Å². The van der Waals surface area contributed by atoms with Crippen LogP contribution in [-0.4, -0.2) is 29.8 Å². The van der Waals surface area contributed by atoms with Gasteiger partial charge < -0.3 is 20.5 Å². The van der Waals surface area contributed by atoms with E-state index in [1.165, 1.54) is 18.5 Å². The van der Waals surface area contributed by atoms with E-state index in [2.05, 4.69) is 15.3 Å². The number of nitrogen functional groups attached to an aromatic ring is 1. The van der Waals surface area contributed by atoms with Gasteiger partial charge in [-0.1, -0.05) is 11.6 Å². The average Bonchev–Trinajstić information content (AvgIpc) is 3.23.